The Bertz CT molecular complexity index is 493. The van der Waals surface area contributed by atoms with Crippen molar-refractivity contribution in [3.63, 3.8) is 0 Å². The molecule has 1 rings (SSSR count). The number of methoxy groups -OCH3 is 1. The quantitative estimate of drug-likeness (QED) is 0.819. The third-order valence-corrected chi connectivity index (χ3v) is 3.00. The Morgan fingerprint density at radius 2 is 1.82 bits per heavy atom. The van der Waals surface area contributed by atoms with E-state index >= 15 is 0 Å². The van der Waals surface area contributed by atoms with Crippen molar-refractivity contribution in [2.45, 2.75) is 13.0 Å². The van der Waals surface area contributed by atoms with Crippen LogP contribution in [0.25, 0.3) is 0 Å². The average molecular weight is 257 g/mol. The molecule has 0 bridgehead atoms. The second kappa shape index (κ2) is 5.29. The van der Waals surface area contributed by atoms with Gasteiger partial charge in [-0.25, -0.2) is 17.9 Å². The molecule has 1 atom stereocenters. The zero-order chi connectivity index (χ0) is 13.1. The van der Waals surface area contributed by atoms with Crippen molar-refractivity contribution in [3.05, 3.63) is 35.4 Å². The van der Waals surface area contributed by atoms with Crippen LogP contribution in [0.4, 0.5) is 0 Å². The number of nitrogens with one attached hydrogen (secondary N) is 1. The van der Waals surface area contributed by atoms with Crippen LogP contribution >= 0.6 is 0 Å². The molecule has 1 aromatic rings. The number of carbonyl (C=O) groups is 1. The number of ether oxygens (including phenoxy) is 1. The predicted octanol–water partition coefficient (Wildman–Crippen LogP) is 1.08. The highest BCUT2D eigenvalue weighted by Crippen LogP contribution is 2.14. The van der Waals surface area contributed by atoms with E-state index in [0.29, 0.717) is 5.56 Å². The topological polar surface area (TPSA) is 72.5 Å². The Morgan fingerprint density at radius 3 is 2.24 bits per heavy atom. The molecule has 0 fully saturated rings. The highest BCUT2D eigenvalue weighted by molar-refractivity contribution is 7.88. The Hall–Kier alpha value is -1.40. The van der Waals surface area contributed by atoms with E-state index in [1.807, 2.05) is 0 Å². The molecule has 6 heteroatoms. The number of sulfonamides is 1. The molecule has 17 heavy (non-hydrogen) atoms. The fourth-order valence-electron chi connectivity index (χ4n) is 1.41. The molecule has 0 saturated heterocycles. The Balaban J connectivity index is 2.84. The molecule has 0 aliphatic rings. The first-order valence-electron chi connectivity index (χ1n) is 4.99. The molecule has 94 valence electrons. The van der Waals surface area contributed by atoms with Crippen molar-refractivity contribution >= 4 is 16.0 Å². The van der Waals surface area contributed by atoms with Crippen molar-refractivity contribution in [3.8, 4) is 0 Å². The van der Waals surface area contributed by atoms with Crippen molar-refractivity contribution in [1.29, 1.82) is 0 Å². The van der Waals surface area contributed by atoms with Crippen LogP contribution in [-0.2, 0) is 14.8 Å². The second-order valence-electron chi connectivity index (χ2n) is 3.73. The lowest BCUT2D eigenvalue weighted by atomic mass is 10.1. The summed E-state index contributed by atoms with van der Waals surface area (Å²) in [5, 5.41) is 0. The molecule has 1 N–H and O–H groups in total. The summed E-state index contributed by atoms with van der Waals surface area (Å²) in [5.41, 5.74) is 1.21. The van der Waals surface area contributed by atoms with Gasteiger partial charge in [0.15, 0.2) is 0 Å². The summed E-state index contributed by atoms with van der Waals surface area (Å²) >= 11 is 0. The molecule has 0 radical (unpaired) electrons. The first-order valence-corrected chi connectivity index (χ1v) is 6.88. The molecule has 1 unspecified atom stereocenters. The van der Waals surface area contributed by atoms with Crippen LogP contribution in [0.3, 0.4) is 0 Å². The number of hydrogen-bond acceptors (Lipinski definition) is 4. The summed E-state index contributed by atoms with van der Waals surface area (Å²) in [4.78, 5) is 11.2. The lowest BCUT2D eigenvalue weighted by Crippen LogP contribution is -2.25. The number of rotatable bonds is 4. The standard InChI is InChI=1S/C11H15NO4S/c1-8(12-17(3,14)15)9-4-6-10(7-5-9)11(13)16-2/h4-8,12H,1-3H3. The Kier molecular flexibility index (Phi) is 4.25. The smallest absolute Gasteiger partial charge is 0.337 e. The minimum atomic E-state index is -3.24. The van der Waals surface area contributed by atoms with E-state index in [1.54, 1.807) is 31.2 Å². The molecule has 0 amide bonds. The summed E-state index contributed by atoms with van der Waals surface area (Å²) < 4.78 is 29.1. The third kappa shape index (κ3) is 4.16. The van der Waals surface area contributed by atoms with Gasteiger partial charge >= 0.3 is 5.97 Å². The fraction of sp³-hybridized carbons (Fsp3) is 0.364. The van der Waals surface area contributed by atoms with Crippen LogP contribution in [0, 0.1) is 0 Å². The molecular formula is C11H15NO4S. The Labute approximate surface area is 101 Å². The minimum absolute atomic E-state index is 0.336. The molecule has 0 spiro atoms. The van der Waals surface area contributed by atoms with Gasteiger partial charge in [0.2, 0.25) is 10.0 Å². The number of esters is 1. The molecule has 0 aliphatic heterocycles. The fourth-order valence-corrected chi connectivity index (χ4v) is 2.19. The molecular weight excluding hydrogens is 242 g/mol. The number of carbonyl (C=O) groups excluding carboxylic acids is 1. The van der Waals surface area contributed by atoms with E-state index in [-0.39, 0.29) is 6.04 Å². The molecule has 1 aromatic carbocycles. The largest absolute Gasteiger partial charge is 0.465 e. The molecule has 5 nitrogen and oxygen atoms in total. The van der Waals surface area contributed by atoms with E-state index < -0.39 is 16.0 Å². The maximum Gasteiger partial charge on any atom is 0.337 e. The van der Waals surface area contributed by atoms with Crippen LogP contribution in [0.15, 0.2) is 24.3 Å². The average Bonchev–Trinajstić information content (AvgIpc) is 2.26. The van der Waals surface area contributed by atoms with Gasteiger partial charge in [-0.3, -0.25) is 0 Å². The van der Waals surface area contributed by atoms with Gasteiger partial charge in [0.05, 0.1) is 18.9 Å². The van der Waals surface area contributed by atoms with E-state index in [4.69, 9.17) is 0 Å². The maximum atomic E-state index is 11.2. The van der Waals surface area contributed by atoms with Gasteiger partial charge in [-0.05, 0) is 24.6 Å². The van der Waals surface area contributed by atoms with Crippen LogP contribution < -0.4 is 4.72 Å². The van der Waals surface area contributed by atoms with E-state index in [0.717, 1.165) is 11.8 Å². The molecule has 0 saturated carbocycles. The second-order valence-corrected chi connectivity index (χ2v) is 5.51. The van der Waals surface area contributed by atoms with Crippen molar-refractivity contribution in [1.82, 2.24) is 4.72 Å². The molecule has 0 aromatic heterocycles. The van der Waals surface area contributed by atoms with Gasteiger partial charge in [-0.2, -0.15) is 0 Å². The summed E-state index contributed by atoms with van der Waals surface area (Å²) in [5.74, 6) is -0.416. The lowest BCUT2D eigenvalue weighted by Gasteiger charge is -2.12. The minimum Gasteiger partial charge on any atom is -0.465 e. The van der Waals surface area contributed by atoms with Gasteiger partial charge in [0, 0.05) is 6.04 Å². The summed E-state index contributed by atoms with van der Waals surface area (Å²) in [6, 6.07) is 6.24. The highest BCUT2D eigenvalue weighted by Gasteiger charge is 2.11. The van der Waals surface area contributed by atoms with E-state index in [9.17, 15) is 13.2 Å². The summed E-state index contributed by atoms with van der Waals surface area (Å²) in [6.45, 7) is 1.73. The van der Waals surface area contributed by atoms with Crippen LogP contribution in [0.2, 0.25) is 0 Å². The van der Waals surface area contributed by atoms with Crippen molar-refractivity contribution < 1.29 is 17.9 Å². The van der Waals surface area contributed by atoms with E-state index in [2.05, 4.69) is 9.46 Å². The SMILES string of the molecule is COC(=O)c1ccc(C(C)NS(C)(=O)=O)cc1. The first kappa shape index (κ1) is 13.7. The first-order chi connectivity index (χ1) is 7.83. The van der Waals surface area contributed by atoms with Crippen LogP contribution in [0.1, 0.15) is 28.9 Å². The normalized spacial score (nSPS) is 13.1. The van der Waals surface area contributed by atoms with Gasteiger partial charge in [0.1, 0.15) is 0 Å². The monoisotopic (exact) mass is 257 g/mol. The van der Waals surface area contributed by atoms with Gasteiger partial charge in [-0.1, -0.05) is 12.1 Å². The van der Waals surface area contributed by atoms with Gasteiger partial charge in [-0.15, -0.1) is 0 Å². The van der Waals surface area contributed by atoms with E-state index in [1.165, 1.54) is 7.11 Å². The molecule has 0 aliphatic carbocycles. The van der Waals surface area contributed by atoms with Crippen molar-refractivity contribution in [2.75, 3.05) is 13.4 Å². The number of benzene rings is 1. The highest BCUT2D eigenvalue weighted by atomic mass is 32.2. The molecule has 0 heterocycles. The zero-order valence-electron chi connectivity index (χ0n) is 9.93. The van der Waals surface area contributed by atoms with Crippen LogP contribution in [-0.4, -0.2) is 27.8 Å². The summed E-state index contributed by atoms with van der Waals surface area (Å²) in [6.07, 6.45) is 1.10. The predicted molar refractivity (Wildman–Crippen MR) is 64.2 cm³/mol. The maximum absolute atomic E-state index is 11.2. The summed E-state index contributed by atoms with van der Waals surface area (Å²) in [7, 11) is -1.93. The van der Waals surface area contributed by atoms with Gasteiger partial charge in [0.25, 0.3) is 0 Å². The van der Waals surface area contributed by atoms with Crippen molar-refractivity contribution in [2.24, 2.45) is 0 Å². The number of hydrogen-bond donors (Lipinski definition) is 1. The Morgan fingerprint density at radius 1 is 1.29 bits per heavy atom. The third-order valence-electron chi connectivity index (χ3n) is 2.22. The van der Waals surface area contributed by atoms with Gasteiger partial charge < -0.3 is 4.74 Å². The zero-order valence-corrected chi connectivity index (χ0v) is 10.7. The lowest BCUT2D eigenvalue weighted by molar-refractivity contribution is 0.0600. The van der Waals surface area contributed by atoms with Crippen LogP contribution in [0.5, 0.6) is 0 Å².